The number of nitrogens with zero attached hydrogens (tertiary/aromatic N) is 5. The van der Waals surface area contributed by atoms with E-state index in [-0.39, 0.29) is 0 Å². The molecule has 1 saturated heterocycles. The fourth-order valence-electron chi connectivity index (χ4n) is 4.53. The zero-order valence-electron chi connectivity index (χ0n) is 17.9. The first-order valence-electron chi connectivity index (χ1n) is 10.9. The van der Waals surface area contributed by atoms with E-state index in [9.17, 15) is 0 Å². The lowest BCUT2D eigenvalue weighted by Gasteiger charge is -2.35. The number of hydrogen-bond acceptors (Lipinski definition) is 7. The molecular formula is C24H24N6O2. The summed E-state index contributed by atoms with van der Waals surface area (Å²) in [5.41, 5.74) is 5.43. The van der Waals surface area contributed by atoms with Gasteiger partial charge < -0.3 is 14.4 Å². The average molecular weight is 428 g/mol. The molecule has 8 heteroatoms. The van der Waals surface area contributed by atoms with Gasteiger partial charge in [0.05, 0.1) is 11.2 Å². The first-order chi connectivity index (χ1) is 15.7. The zero-order chi connectivity index (χ0) is 21.5. The van der Waals surface area contributed by atoms with Gasteiger partial charge in [-0.15, -0.1) is 0 Å². The molecule has 0 radical (unpaired) electrons. The molecule has 2 aliphatic rings. The SMILES string of the molecule is Cc1n[nH]cc1-c1ccc2ncnc(N3CCN(Cc4ccc5c(c4)OCO5)CC3)c2c1. The van der Waals surface area contributed by atoms with Crippen LogP contribution < -0.4 is 14.4 Å². The summed E-state index contributed by atoms with van der Waals surface area (Å²) in [4.78, 5) is 14.0. The molecular weight excluding hydrogens is 404 g/mol. The number of aromatic amines is 1. The van der Waals surface area contributed by atoms with Crippen LogP contribution in [0, 0.1) is 6.92 Å². The molecule has 2 aliphatic heterocycles. The van der Waals surface area contributed by atoms with Crippen molar-refractivity contribution in [3.05, 3.63) is 60.2 Å². The molecule has 0 spiro atoms. The number of nitrogens with one attached hydrogen (secondary N) is 1. The van der Waals surface area contributed by atoms with Crippen LogP contribution in [0.15, 0.2) is 48.9 Å². The van der Waals surface area contributed by atoms with E-state index < -0.39 is 0 Å². The summed E-state index contributed by atoms with van der Waals surface area (Å²) >= 11 is 0. The van der Waals surface area contributed by atoms with Gasteiger partial charge in [-0.3, -0.25) is 10.00 Å². The Hall–Kier alpha value is -3.65. The van der Waals surface area contributed by atoms with E-state index in [0.717, 1.165) is 77.8 Å². The molecule has 0 bridgehead atoms. The summed E-state index contributed by atoms with van der Waals surface area (Å²) in [7, 11) is 0. The van der Waals surface area contributed by atoms with Gasteiger partial charge >= 0.3 is 0 Å². The summed E-state index contributed by atoms with van der Waals surface area (Å²) in [6.07, 6.45) is 3.61. The van der Waals surface area contributed by atoms with Crippen molar-refractivity contribution >= 4 is 16.7 Å². The number of piperazine rings is 1. The molecule has 2 aromatic carbocycles. The Labute approximate surface area is 185 Å². The average Bonchev–Trinajstić information content (AvgIpc) is 3.47. The lowest BCUT2D eigenvalue weighted by Crippen LogP contribution is -2.46. The Balaban J connectivity index is 1.20. The van der Waals surface area contributed by atoms with Crippen molar-refractivity contribution in [3.63, 3.8) is 0 Å². The summed E-state index contributed by atoms with van der Waals surface area (Å²) < 4.78 is 10.9. The van der Waals surface area contributed by atoms with Gasteiger partial charge in [-0.05, 0) is 42.3 Å². The number of aromatic nitrogens is 4. The van der Waals surface area contributed by atoms with E-state index in [1.165, 1.54) is 5.56 Å². The number of hydrogen-bond donors (Lipinski definition) is 1. The van der Waals surface area contributed by atoms with Crippen molar-refractivity contribution in [1.82, 2.24) is 25.1 Å². The molecule has 1 fully saturated rings. The molecule has 1 N–H and O–H groups in total. The van der Waals surface area contributed by atoms with Crippen LogP contribution in [0.3, 0.4) is 0 Å². The maximum Gasteiger partial charge on any atom is 0.231 e. The second-order valence-corrected chi connectivity index (χ2v) is 8.26. The van der Waals surface area contributed by atoms with E-state index in [2.05, 4.69) is 60.3 Å². The highest BCUT2D eigenvalue weighted by Gasteiger charge is 2.21. The molecule has 6 rings (SSSR count). The van der Waals surface area contributed by atoms with Crippen molar-refractivity contribution in [2.24, 2.45) is 0 Å². The van der Waals surface area contributed by atoms with Crippen molar-refractivity contribution in [3.8, 4) is 22.6 Å². The topological polar surface area (TPSA) is 79.4 Å². The van der Waals surface area contributed by atoms with Crippen LogP contribution in [0.1, 0.15) is 11.3 Å². The first kappa shape index (κ1) is 19.1. The van der Waals surface area contributed by atoms with Crippen molar-refractivity contribution in [2.75, 3.05) is 37.9 Å². The minimum absolute atomic E-state index is 0.312. The third-order valence-corrected chi connectivity index (χ3v) is 6.27. The van der Waals surface area contributed by atoms with E-state index >= 15 is 0 Å². The number of ether oxygens (including phenoxy) is 2. The molecule has 0 saturated carbocycles. The Morgan fingerprint density at radius 2 is 1.84 bits per heavy atom. The van der Waals surface area contributed by atoms with Gasteiger partial charge in [0.25, 0.3) is 0 Å². The van der Waals surface area contributed by atoms with Gasteiger partial charge in [0, 0.05) is 49.9 Å². The lowest BCUT2D eigenvalue weighted by molar-refractivity contribution is 0.174. The van der Waals surface area contributed by atoms with Crippen molar-refractivity contribution in [2.45, 2.75) is 13.5 Å². The van der Waals surface area contributed by atoms with Gasteiger partial charge in [-0.2, -0.15) is 5.10 Å². The molecule has 0 unspecified atom stereocenters. The van der Waals surface area contributed by atoms with Gasteiger partial charge in [0.2, 0.25) is 6.79 Å². The number of anilines is 1. The van der Waals surface area contributed by atoms with Crippen LogP contribution in [-0.4, -0.2) is 58.0 Å². The number of aryl methyl sites for hydroxylation is 1. The Morgan fingerprint density at radius 3 is 2.69 bits per heavy atom. The van der Waals surface area contributed by atoms with E-state index in [1.54, 1.807) is 6.33 Å². The van der Waals surface area contributed by atoms with Crippen LogP contribution in [0.4, 0.5) is 5.82 Å². The molecule has 0 atom stereocenters. The fraction of sp³-hybridized carbons (Fsp3) is 0.292. The number of benzene rings is 2. The van der Waals surface area contributed by atoms with Gasteiger partial charge in [-0.25, -0.2) is 9.97 Å². The highest BCUT2D eigenvalue weighted by Crippen LogP contribution is 2.33. The monoisotopic (exact) mass is 428 g/mol. The maximum atomic E-state index is 5.52. The lowest BCUT2D eigenvalue weighted by atomic mass is 10.0. The maximum absolute atomic E-state index is 5.52. The number of H-pyrrole nitrogens is 1. The summed E-state index contributed by atoms with van der Waals surface area (Å²) in [5.74, 6) is 2.68. The summed E-state index contributed by atoms with van der Waals surface area (Å²) in [5, 5.41) is 8.29. The highest BCUT2D eigenvalue weighted by molar-refractivity contribution is 5.93. The van der Waals surface area contributed by atoms with Crippen LogP contribution in [0.2, 0.25) is 0 Å². The Kier molecular flexibility index (Phi) is 4.65. The first-order valence-corrected chi connectivity index (χ1v) is 10.9. The van der Waals surface area contributed by atoms with E-state index in [4.69, 9.17) is 9.47 Å². The van der Waals surface area contributed by atoms with Gasteiger partial charge in [0.1, 0.15) is 12.1 Å². The van der Waals surface area contributed by atoms with Crippen LogP contribution >= 0.6 is 0 Å². The van der Waals surface area contributed by atoms with Crippen molar-refractivity contribution < 1.29 is 9.47 Å². The normalized spacial score (nSPS) is 16.1. The Morgan fingerprint density at radius 1 is 0.969 bits per heavy atom. The van der Waals surface area contributed by atoms with E-state index in [1.807, 2.05) is 19.2 Å². The third kappa shape index (κ3) is 3.42. The molecule has 32 heavy (non-hydrogen) atoms. The summed E-state index contributed by atoms with van der Waals surface area (Å²) in [6.45, 7) is 7.02. The number of fused-ring (bicyclic) bond motifs is 2. The standard InChI is InChI=1S/C24H24N6O2/c1-16-20(12-27-28-16)18-3-4-21-19(11-18)24(26-14-25-21)30-8-6-29(7-9-30)13-17-2-5-22-23(10-17)32-15-31-22/h2-5,10-12,14H,6-9,13,15H2,1H3,(H,27,28). The van der Waals surface area contributed by atoms with Gasteiger partial charge in [0.15, 0.2) is 11.5 Å². The van der Waals surface area contributed by atoms with Crippen LogP contribution in [0.5, 0.6) is 11.5 Å². The predicted octanol–water partition coefficient (Wildman–Crippen LogP) is 3.38. The van der Waals surface area contributed by atoms with E-state index in [0.29, 0.717) is 6.79 Å². The minimum Gasteiger partial charge on any atom is -0.454 e. The molecule has 0 aliphatic carbocycles. The smallest absolute Gasteiger partial charge is 0.231 e. The molecule has 0 amide bonds. The second-order valence-electron chi connectivity index (χ2n) is 8.26. The molecule has 8 nitrogen and oxygen atoms in total. The molecule has 4 heterocycles. The number of rotatable bonds is 4. The largest absolute Gasteiger partial charge is 0.454 e. The van der Waals surface area contributed by atoms with Gasteiger partial charge in [-0.1, -0.05) is 12.1 Å². The zero-order valence-corrected chi connectivity index (χ0v) is 17.9. The summed E-state index contributed by atoms with van der Waals surface area (Å²) in [6, 6.07) is 12.6. The minimum atomic E-state index is 0.312. The second kappa shape index (κ2) is 7.80. The Bertz CT molecular complexity index is 1280. The predicted molar refractivity (Wildman–Crippen MR) is 122 cm³/mol. The molecule has 4 aromatic rings. The van der Waals surface area contributed by atoms with Crippen molar-refractivity contribution in [1.29, 1.82) is 0 Å². The third-order valence-electron chi connectivity index (χ3n) is 6.27. The highest BCUT2D eigenvalue weighted by atomic mass is 16.7. The molecule has 2 aromatic heterocycles. The molecule has 162 valence electrons. The van der Waals surface area contributed by atoms with Crippen LogP contribution in [0.25, 0.3) is 22.0 Å². The quantitative estimate of drug-likeness (QED) is 0.534. The fourth-order valence-corrected chi connectivity index (χ4v) is 4.53. The van der Waals surface area contributed by atoms with Crippen LogP contribution in [-0.2, 0) is 6.54 Å².